The van der Waals surface area contributed by atoms with Crippen LogP contribution in [0.4, 0.5) is 0 Å². The van der Waals surface area contributed by atoms with Gasteiger partial charge in [-0.1, -0.05) is 6.92 Å². The van der Waals surface area contributed by atoms with Crippen LogP contribution in [0.15, 0.2) is 17.3 Å². The Hall–Kier alpha value is -4.03. The van der Waals surface area contributed by atoms with E-state index in [2.05, 4.69) is 44.1 Å². The van der Waals surface area contributed by atoms with E-state index < -0.39 is 0 Å². The molecule has 0 spiro atoms. The van der Waals surface area contributed by atoms with E-state index in [4.69, 9.17) is 14.5 Å². The molecule has 38 heavy (non-hydrogen) atoms. The van der Waals surface area contributed by atoms with Gasteiger partial charge in [-0.05, 0) is 38.6 Å². The quantitative estimate of drug-likeness (QED) is 0.304. The first-order valence-corrected chi connectivity index (χ1v) is 12.7. The van der Waals surface area contributed by atoms with Crippen LogP contribution < -0.4 is 9.47 Å². The second-order valence-corrected chi connectivity index (χ2v) is 9.30. The fourth-order valence-corrected chi connectivity index (χ4v) is 4.83. The first kappa shape index (κ1) is 25.6. The highest BCUT2D eigenvalue weighted by Gasteiger charge is 2.24. The molecule has 0 fully saturated rings. The third kappa shape index (κ3) is 4.79. The van der Waals surface area contributed by atoms with Crippen molar-refractivity contribution in [2.24, 2.45) is 12.0 Å². The molecule has 4 aromatic heterocycles. The summed E-state index contributed by atoms with van der Waals surface area (Å²) < 4.78 is 15.8. The summed E-state index contributed by atoms with van der Waals surface area (Å²) in [4.78, 5) is 10.9. The number of H-pyrrole nitrogens is 1. The number of aromatic amines is 1. The minimum atomic E-state index is -0.141. The van der Waals surface area contributed by atoms with Gasteiger partial charge in [-0.2, -0.15) is 10.2 Å². The Labute approximate surface area is 220 Å². The normalized spacial score (nSPS) is 17.3. The fraction of sp³-hybridized carbons (Fsp3) is 0.423. The molecular formula is C26H33N9O3. The van der Waals surface area contributed by atoms with Crippen molar-refractivity contribution in [2.45, 2.75) is 40.0 Å². The molecule has 0 aromatic carbocycles. The summed E-state index contributed by atoms with van der Waals surface area (Å²) in [5.41, 5.74) is 5.76. The highest BCUT2D eigenvalue weighted by atomic mass is 16.5. The molecule has 0 amide bonds. The van der Waals surface area contributed by atoms with Gasteiger partial charge in [-0.25, -0.2) is 4.68 Å². The zero-order valence-electron chi connectivity index (χ0n) is 22.3. The third-order valence-corrected chi connectivity index (χ3v) is 6.60. The number of aliphatic hydroxyl groups is 1. The molecule has 200 valence electrons. The number of aliphatic hydroxyl groups excluding tert-OH is 1. The number of aliphatic imine (C=N–C) groups is 1. The minimum absolute atomic E-state index is 0.0484. The number of hydrogen-bond acceptors (Lipinski definition) is 9. The summed E-state index contributed by atoms with van der Waals surface area (Å²) in [5.74, 6) is 1.09. The molecule has 0 saturated carbocycles. The summed E-state index contributed by atoms with van der Waals surface area (Å²) in [6.07, 6.45) is 6.90. The molecule has 12 nitrogen and oxygen atoms in total. The summed E-state index contributed by atoms with van der Waals surface area (Å²) in [5, 5.41) is 27.5. The van der Waals surface area contributed by atoms with Crippen molar-refractivity contribution in [1.82, 2.24) is 39.6 Å². The molecule has 0 saturated heterocycles. The number of pyridine rings is 1. The first-order chi connectivity index (χ1) is 18.4. The van der Waals surface area contributed by atoms with Gasteiger partial charge in [-0.15, -0.1) is 5.10 Å². The highest BCUT2D eigenvalue weighted by Crippen LogP contribution is 2.35. The molecule has 5 rings (SSSR count). The predicted molar refractivity (Wildman–Crippen MR) is 145 cm³/mol. The average molecular weight is 520 g/mol. The maximum absolute atomic E-state index is 9.74. The molecule has 0 radical (unpaired) electrons. The van der Waals surface area contributed by atoms with Gasteiger partial charge in [0, 0.05) is 32.6 Å². The van der Waals surface area contributed by atoms with Crippen LogP contribution >= 0.6 is 0 Å². The number of aromatic nitrogens is 7. The van der Waals surface area contributed by atoms with Crippen LogP contribution in [0.1, 0.15) is 36.5 Å². The molecule has 5 heterocycles. The van der Waals surface area contributed by atoms with Crippen LogP contribution in [-0.4, -0.2) is 84.0 Å². The van der Waals surface area contributed by atoms with Gasteiger partial charge in [0.2, 0.25) is 11.8 Å². The molecule has 12 heteroatoms. The Balaban J connectivity index is 1.71. The Kier molecular flexibility index (Phi) is 7.25. The van der Waals surface area contributed by atoms with Gasteiger partial charge in [0.15, 0.2) is 6.40 Å². The number of rotatable bonds is 5. The SMILES string of the molecule is CCN1Cc2c(c(OC=NC)nn2CCO)/C=C/c2n[nH]c3cnc(cc23)-c2c(C)nn(C)c2O[C@H](C)C1. The van der Waals surface area contributed by atoms with Crippen molar-refractivity contribution in [2.75, 3.05) is 26.7 Å². The molecule has 2 bridgehead atoms. The van der Waals surface area contributed by atoms with Crippen molar-refractivity contribution in [3.8, 4) is 23.0 Å². The van der Waals surface area contributed by atoms with Gasteiger partial charge in [-0.3, -0.25) is 24.7 Å². The fourth-order valence-electron chi connectivity index (χ4n) is 4.83. The second kappa shape index (κ2) is 10.8. The van der Waals surface area contributed by atoms with Crippen LogP contribution in [0.3, 0.4) is 0 Å². The Morgan fingerprint density at radius 1 is 1.32 bits per heavy atom. The van der Waals surface area contributed by atoms with E-state index in [0.717, 1.165) is 51.4 Å². The largest absolute Gasteiger partial charge is 0.473 e. The zero-order valence-corrected chi connectivity index (χ0v) is 22.3. The van der Waals surface area contributed by atoms with Crippen LogP contribution in [0, 0.1) is 6.92 Å². The minimum Gasteiger partial charge on any atom is -0.473 e. The van der Waals surface area contributed by atoms with Crippen LogP contribution in [-0.2, 0) is 20.1 Å². The van der Waals surface area contributed by atoms with Gasteiger partial charge in [0.25, 0.3) is 0 Å². The lowest BCUT2D eigenvalue weighted by Gasteiger charge is -2.25. The number of hydrogen-bond donors (Lipinski definition) is 2. The summed E-state index contributed by atoms with van der Waals surface area (Å²) in [7, 11) is 3.52. The monoisotopic (exact) mass is 519 g/mol. The molecule has 2 N–H and O–H groups in total. The van der Waals surface area contributed by atoms with E-state index in [1.807, 2.05) is 32.2 Å². The van der Waals surface area contributed by atoms with E-state index in [1.165, 1.54) is 6.40 Å². The van der Waals surface area contributed by atoms with Crippen LogP contribution in [0.25, 0.3) is 34.3 Å². The molecule has 1 aliphatic heterocycles. The van der Waals surface area contributed by atoms with Gasteiger partial charge in [0.05, 0.1) is 58.8 Å². The number of aryl methyl sites for hydroxylation is 2. The molecule has 1 aliphatic rings. The van der Waals surface area contributed by atoms with Gasteiger partial charge < -0.3 is 14.6 Å². The lowest BCUT2D eigenvalue weighted by Crippen LogP contribution is -2.34. The van der Waals surface area contributed by atoms with Crippen LogP contribution in [0.5, 0.6) is 11.8 Å². The van der Waals surface area contributed by atoms with E-state index in [1.54, 1.807) is 22.6 Å². The Morgan fingerprint density at radius 3 is 2.92 bits per heavy atom. The first-order valence-electron chi connectivity index (χ1n) is 12.7. The smallest absolute Gasteiger partial charge is 0.246 e. The third-order valence-electron chi connectivity index (χ3n) is 6.60. The predicted octanol–water partition coefficient (Wildman–Crippen LogP) is 2.67. The topological polar surface area (TPSA) is 132 Å². The molecule has 0 unspecified atom stereocenters. The van der Waals surface area contributed by atoms with Crippen molar-refractivity contribution >= 4 is 29.5 Å². The maximum Gasteiger partial charge on any atom is 0.246 e. The molecule has 4 aromatic rings. The molecular weight excluding hydrogens is 486 g/mol. The number of nitrogens with zero attached hydrogens (tertiary/aromatic N) is 8. The van der Waals surface area contributed by atoms with Gasteiger partial charge in [0.1, 0.15) is 6.10 Å². The van der Waals surface area contributed by atoms with E-state index in [9.17, 15) is 5.11 Å². The van der Waals surface area contributed by atoms with E-state index in [0.29, 0.717) is 31.4 Å². The maximum atomic E-state index is 9.74. The lowest BCUT2D eigenvalue weighted by molar-refractivity contribution is 0.133. The Bertz CT molecular complexity index is 1500. The number of fused-ring (bicyclic) bond motifs is 4. The lowest BCUT2D eigenvalue weighted by atomic mass is 10.1. The van der Waals surface area contributed by atoms with Crippen molar-refractivity contribution in [3.63, 3.8) is 0 Å². The van der Waals surface area contributed by atoms with Crippen LogP contribution in [0.2, 0.25) is 0 Å². The molecule has 1 atom stereocenters. The van der Waals surface area contributed by atoms with Crippen molar-refractivity contribution < 1.29 is 14.6 Å². The number of likely N-dealkylation sites (N-methyl/N-ethyl adjacent to an activating group) is 1. The summed E-state index contributed by atoms with van der Waals surface area (Å²) in [6, 6.07) is 2.01. The van der Waals surface area contributed by atoms with Gasteiger partial charge >= 0.3 is 0 Å². The number of ether oxygens (including phenoxy) is 2. The highest BCUT2D eigenvalue weighted by molar-refractivity contribution is 5.92. The second-order valence-electron chi connectivity index (χ2n) is 9.30. The summed E-state index contributed by atoms with van der Waals surface area (Å²) >= 11 is 0. The summed E-state index contributed by atoms with van der Waals surface area (Å²) in [6.45, 7) is 8.44. The van der Waals surface area contributed by atoms with E-state index in [-0.39, 0.29) is 12.7 Å². The van der Waals surface area contributed by atoms with Crippen molar-refractivity contribution in [3.05, 3.63) is 34.9 Å². The molecule has 0 aliphatic carbocycles. The van der Waals surface area contributed by atoms with E-state index >= 15 is 0 Å². The average Bonchev–Trinajstić information content (AvgIpc) is 3.53. The zero-order chi connectivity index (χ0) is 26.8. The standard InChI is InChI=1S/C26H33N9O3/c1-6-34-13-16(2)38-26-24(17(3)31-33(26)5)21-11-19-20(29-30-22(19)12-28-21)8-7-18-23(14-34)35(9-10-36)32-25(18)37-15-27-4/h7-8,11-12,15-16,36H,6,9-10,13-14H2,1-5H3,(H,29,30)/b8-7+,27-15?/t16-/m1/s1. The Morgan fingerprint density at radius 2 is 2.16 bits per heavy atom. The number of nitrogens with one attached hydrogen (secondary N) is 1. The van der Waals surface area contributed by atoms with Crippen molar-refractivity contribution in [1.29, 1.82) is 0 Å².